The van der Waals surface area contributed by atoms with Gasteiger partial charge in [-0.05, 0) is 22.8 Å². The molecule has 2 aromatic rings. The van der Waals surface area contributed by atoms with Gasteiger partial charge >= 0.3 is 5.97 Å². The number of carbonyl (C=O) groups is 2. The number of carboxylic acid groups (broad SMARTS) is 1. The number of ether oxygens (including phenoxy) is 1. The molecule has 1 fully saturated rings. The zero-order chi connectivity index (χ0) is 16.2. The van der Waals surface area contributed by atoms with Crippen LogP contribution in [-0.2, 0) is 20.7 Å². The van der Waals surface area contributed by atoms with Crippen molar-refractivity contribution in [3.8, 4) is 0 Å². The van der Waals surface area contributed by atoms with Crippen LogP contribution in [0.25, 0.3) is 10.8 Å². The maximum absolute atomic E-state index is 12.2. The van der Waals surface area contributed by atoms with Crippen molar-refractivity contribution < 1.29 is 19.4 Å². The molecule has 1 saturated heterocycles. The molecule has 2 N–H and O–H groups in total. The molecule has 0 saturated carbocycles. The number of aliphatic carboxylic acids is 1. The number of benzene rings is 2. The summed E-state index contributed by atoms with van der Waals surface area (Å²) in [5.41, 5.74) is 0.915. The van der Waals surface area contributed by atoms with E-state index in [9.17, 15) is 14.7 Å². The predicted octanol–water partition coefficient (Wildman–Crippen LogP) is 1.99. The van der Waals surface area contributed by atoms with E-state index in [4.69, 9.17) is 4.74 Å². The van der Waals surface area contributed by atoms with Gasteiger partial charge in [0.15, 0.2) is 0 Å². The number of carboxylic acids is 1. The smallest absolute Gasteiger partial charge is 0.326 e. The first kappa shape index (κ1) is 15.5. The molecule has 2 atom stereocenters. The lowest BCUT2D eigenvalue weighted by Crippen LogP contribution is -2.45. The lowest BCUT2D eigenvalue weighted by atomic mass is 9.98. The molecule has 1 aliphatic rings. The lowest BCUT2D eigenvalue weighted by molar-refractivity contribution is -0.142. The third-order valence-electron chi connectivity index (χ3n) is 4.22. The quantitative estimate of drug-likeness (QED) is 0.885. The van der Waals surface area contributed by atoms with E-state index in [0.717, 1.165) is 16.3 Å². The first-order valence-corrected chi connectivity index (χ1v) is 7.72. The fourth-order valence-corrected chi connectivity index (χ4v) is 2.92. The third-order valence-corrected chi connectivity index (χ3v) is 4.22. The second-order valence-electron chi connectivity index (χ2n) is 5.80. The Morgan fingerprint density at radius 1 is 1.22 bits per heavy atom. The number of hydrogen-bond acceptors (Lipinski definition) is 3. The van der Waals surface area contributed by atoms with Gasteiger partial charge in [-0.1, -0.05) is 42.5 Å². The predicted molar refractivity (Wildman–Crippen MR) is 86.1 cm³/mol. The number of carbonyl (C=O) groups excluding carboxylic acids is 1. The molecule has 5 nitrogen and oxygen atoms in total. The Bertz CT molecular complexity index is 717. The maximum Gasteiger partial charge on any atom is 0.326 e. The fourth-order valence-electron chi connectivity index (χ4n) is 2.92. The SMILES string of the molecule is O=C(N[C@@H](Cc1cccc2ccccc12)C(=O)O)[C@H]1CCOC1. The van der Waals surface area contributed by atoms with Gasteiger partial charge in [0.1, 0.15) is 6.04 Å². The van der Waals surface area contributed by atoms with Crippen LogP contribution in [0.4, 0.5) is 0 Å². The van der Waals surface area contributed by atoms with Crippen molar-refractivity contribution in [2.45, 2.75) is 18.9 Å². The summed E-state index contributed by atoms with van der Waals surface area (Å²) in [6, 6.07) is 12.7. The van der Waals surface area contributed by atoms with Crippen molar-refractivity contribution in [2.75, 3.05) is 13.2 Å². The van der Waals surface area contributed by atoms with E-state index in [2.05, 4.69) is 5.32 Å². The molecule has 120 valence electrons. The van der Waals surface area contributed by atoms with Gasteiger partial charge in [0, 0.05) is 13.0 Å². The Hall–Kier alpha value is -2.40. The number of fused-ring (bicyclic) bond motifs is 1. The normalized spacial score (nSPS) is 18.7. The Balaban J connectivity index is 1.78. The van der Waals surface area contributed by atoms with Crippen LogP contribution in [0, 0.1) is 5.92 Å². The van der Waals surface area contributed by atoms with Crippen molar-refractivity contribution in [3.05, 3.63) is 48.0 Å². The fraction of sp³-hybridized carbons (Fsp3) is 0.333. The van der Waals surface area contributed by atoms with Gasteiger partial charge in [-0.15, -0.1) is 0 Å². The van der Waals surface area contributed by atoms with Gasteiger partial charge in [0.2, 0.25) is 5.91 Å². The highest BCUT2D eigenvalue weighted by molar-refractivity contribution is 5.88. The second-order valence-corrected chi connectivity index (χ2v) is 5.80. The minimum Gasteiger partial charge on any atom is -0.480 e. The van der Waals surface area contributed by atoms with E-state index in [1.54, 1.807) is 0 Å². The van der Waals surface area contributed by atoms with E-state index in [0.29, 0.717) is 19.6 Å². The van der Waals surface area contributed by atoms with Crippen LogP contribution >= 0.6 is 0 Å². The van der Waals surface area contributed by atoms with Crippen molar-refractivity contribution in [1.29, 1.82) is 0 Å². The summed E-state index contributed by atoms with van der Waals surface area (Å²) < 4.78 is 5.19. The molecular weight excluding hydrogens is 294 g/mol. The summed E-state index contributed by atoms with van der Waals surface area (Å²) in [6.45, 7) is 0.922. The van der Waals surface area contributed by atoms with E-state index in [1.165, 1.54) is 0 Å². The van der Waals surface area contributed by atoms with Gasteiger partial charge in [-0.2, -0.15) is 0 Å². The Morgan fingerprint density at radius 3 is 2.74 bits per heavy atom. The minimum atomic E-state index is -1.02. The van der Waals surface area contributed by atoms with Gasteiger partial charge in [0.25, 0.3) is 0 Å². The van der Waals surface area contributed by atoms with Crippen LogP contribution in [0.15, 0.2) is 42.5 Å². The van der Waals surface area contributed by atoms with Crippen LogP contribution in [0.2, 0.25) is 0 Å². The number of hydrogen-bond donors (Lipinski definition) is 2. The van der Waals surface area contributed by atoms with Gasteiger partial charge < -0.3 is 15.2 Å². The molecule has 0 spiro atoms. The Morgan fingerprint density at radius 2 is 2.00 bits per heavy atom. The summed E-state index contributed by atoms with van der Waals surface area (Å²) in [5.74, 6) is -1.51. The minimum absolute atomic E-state index is 0.241. The standard InChI is InChI=1S/C18H19NO4/c20-17(14-8-9-23-11-14)19-16(18(21)22)10-13-6-3-5-12-4-1-2-7-15(12)13/h1-7,14,16H,8-11H2,(H,19,20)(H,21,22)/t14-,16-/m0/s1. The first-order valence-electron chi connectivity index (χ1n) is 7.72. The molecule has 1 heterocycles. The highest BCUT2D eigenvalue weighted by atomic mass is 16.5. The number of nitrogens with one attached hydrogen (secondary N) is 1. The monoisotopic (exact) mass is 313 g/mol. The highest BCUT2D eigenvalue weighted by Crippen LogP contribution is 2.20. The molecule has 2 aromatic carbocycles. The Labute approximate surface area is 134 Å². The molecule has 0 aromatic heterocycles. The first-order chi connectivity index (χ1) is 11.1. The third kappa shape index (κ3) is 3.51. The van der Waals surface area contributed by atoms with Gasteiger partial charge in [-0.25, -0.2) is 4.79 Å². The van der Waals surface area contributed by atoms with Crippen LogP contribution in [0.3, 0.4) is 0 Å². The van der Waals surface area contributed by atoms with E-state index in [1.807, 2.05) is 42.5 Å². The summed E-state index contributed by atoms with van der Waals surface area (Å²) in [6.07, 6.45) is 0.905. The molecule has 0 radical (unpaired) electrons. The summed E-state index contributed by atoms with van der Waals surface area (Å²) in [5, 5.41) is 14.2. The topological polar surface area (TPSA) is 75.6 Å². The maximum atomic E-state index is 12.2. The molecule has 23 heavy (non-hydrogen) atoms. The molecule has 1 amide bonds. The zero-order valence-electron chi connectivity index (χ0n) is 12.7. The molecular formula is C18H19NO4. The Kier molecular flexibility index (Phi) is 4.57. The number of amides is 1. The van der Waals surface area contributed by atoms with Crippen LogP contribution in [0.1, 0.15) is 12.0 Å². The summed E-state index contributed by atoms with van der Waals surface area (Å²) in [7, 11) is 0. The average molecular weight is 313 g/mol. The van der Waals surface area contributed by atoms with Crippen LogP contribution in [0.5, 0.6) is 0 Å². The molecule has 0 unspecified atom stereocenters. The highest BCUT2D eigenvalue weighted by Gasteiger charge is 2.28. The van der Waals surface area contributed by atoms with Crippen molar-refractivity contribution in [3.63, 3.8) is 0 Å². The number of rotatable bonds is 5. The molecule has 5 heteroatoms. The van der Waals surface area contributed by atoms with Crippen LogP contribution < -0.4 is 5.32 Å². The van der Waals surface area contributed by atoms with E-state index >= 15 is 0 Å². The molecule has 3 rings (SSSR count). The van der Waals surface area contributed by atoms with Gasteiger partial charge in [0.05, 0.1) is 12.5 Å². The average Bonchev–Trinajstić information content (AvgIpc) is 3.09. The second kappa shape index (κ2) is 6.79. The lowest BCUT2D eigenvalue weighted by Gasteiger charge is -2.18. The largest absolute Gasteiger partial charge is 0.480 e. The van der Waals surface area contributed by atoms with Crippen molar-refractivity contribution in [2.24, 2.45) is 5.92 Å². The zero-order valence-corrected chi connectivity index (χ0v) is 12.7. The van der Waals surface area contributed by atoms with Gasteiger partial charge in [-0.3, -0.25) is 4.79 Å². The summed E-state index contributed by atoms with van der Waals surface area (Å²) >= 11 is 0. The molecule has 1 aliphatic heterocycles. The summed E-state index contributed by atoms with van der Waals surface area (Å²) in [4.78, 5) is 23.7. The van der Waals surface area contributed by atoms with Crippen molar-refractivity contribution >= 4 is 22.6 Å². The molecule has 0 bridgehead atoms. The molecule has 0 aliphatic carbocycles. The van der Waals surface area contributed by atoms with Crippen LogP contribution in [-0.4, -0.2) is 36.2 Å². The van der Waals surface area contributed by atoms with E-state index < -0.39 is 12.0 Å². The van der Waals surface area contributed by atoms with Crippen molar-refractivity contribution in [1.82, 2.24) is 5.32 Å². The van der Waals surface area contributed by atoms with E-state index in [-0.39, 0.29) is 18.2 Å².